The van der Waals surface area contributed by atoms with Crippen molar-refractivity contribution in [2.45, 2.75) is 59.0 Å². The zero-order valence-electron chi connectivity index (χ0n) is 13.6. The van der Waals surface area contributed by atoms with Crippen LogP contribution in [0.5, 0.6) is 0 Å². The molecule has 1 N–H and O–H groups in total. The minimum Gasteiger partial charge on any atom is -0.359 e. The average Bonchev–Trinajstić information content (AvgIpc) is 3.19. The highest BCUT2D eigenvalue weighted by molar-refractivity contribution is 5.42. The second kappa shape index (κ2) is 6.57. The van der Waals surface area contributed by atoms with Crippen LogP contribution < -0.4 is 10.2 Å². The molecule has 0 amide bonds. The van der Waals surface area contributed by atoms with E-state index in [2.05, 4.69) is 57.1 Å². The highest BCUT2D eigenvalue weighted by atomic mass is 15.2. The van der Waals surface area contributed by atoms with Crippen LogP contribution in [-0.4, -0.2) is 24.6 Å². The van der Waals surface area contributed by atoms with Gasteiger partial charge in [0.1, 0.15) is 5.82 Å². The Morgan fingerprint density at radius 1 is 1.25 bits per heavy atom. The molecule has 1 saturated carbocycles. The van der Waals surface area contributed by atoms with Crippen molar-refractivity contribution in [1.29, 1.82) is 0 Å². The van der Waals surface area contributed by atoms with Gasteiger partial charge in [0.25, 0.3) is 0 Å². The van der Waals surface area contributed by atoms with E-state index < -0.39 is 0 Å². The summed E-state index contributed by atoms with van der Waals surface area (Å²) in [6.45, 7) is 10.9. The molecular weight excluding hydrogens is 246 g/mol. The third-order valence-corrected chi connectivity index (χ3v) is 3.69. The first kappa shape index (κ1) is 15.3. The van der Waals surface area contributed by atoms with E-state index in [-0.39, 0.29) is 0 Å². The second-order valence-corrected chi connectivity index (χ2v) is 6.84. The van der Waals surface area contributed by atoms with Crippen LogP contribution in [0.25, 0.3) is 0 Å². The van der Waals surface area contributed by atoms with Gasteiger partial charge >= 0.3 is 0 Å². The van der Waals surface area contributed by atoms with Crippen LogP contribution in [0, 0.1) is 5.92 Å². The number of hydrogen-bond donors (Lipinski definition) is 1. The van der Waals surface area contributed by atoms with Gasteiger partial charge in [-0.1, -0.05) is 27.7 Å². The molecular formula is C17H29N3. The van der Waals surface area contributed by atoms with E-state index in [0.717, 1.165) is 24.9 Å². The maximum absolute atomic E-state index is 4.83. The fraction of sp³-hybridized carbons (Fsp3) is 0.706. The Hall–Kier alpha value is -1.09. The molecule has 1 fully saturated rings. The molecule has 0 unspecified atom stereocenters. The first-order valence-corrected chi connectivity index (χ1v) is 7.91. The van der Waals surface area contributed by atoms with Crippen molar-refractivity contribution < 1.29 is 0 Å². The topological polar surface area (TPSA) is 28.2 Å². The van der Waals surface area contributed by atoms with Crippen LogP contribution in [0.2, 0.25) is 0 Å². The van der Waals surface area contributed by atoms with E-state index >= 15 is 0 Å². The third kappa shape index (κ3) is 4.48. The highest BCUT2D eigenvalue weighted by Crippen LogP contribution is 2.23. The van der Waals surface area contributed by atoms with Gasteiger partial charge in [-0.25, -0.2) is 4.98 Å². The Morgan fingerprint density at radius 2 is 1.95 bits per heavy atom. The number of pyridine rings is 1. The standard InChI is InChI=1S/C17H29N3/c1-12(2)11-20(5)17-9-14(10-18-15-6-7-15)8-16(19-17)13(3)4/h8-9,12-13,15,18H,6-7,10-11H2,1-5H3. The monoisotopic (exact) mass is 275 g/mol. The van der Waals surface area contributed by atoms with Gasteiger partial charge in [-0.05, 0) is 42.4 Å². The predicted octanol–water partition coefficient (Wildman–Crippen LogP) is 3.55. The van der Waals surface area contributed by atoms with E-state index in [0.29, 0.717) is 11.8 Å². The summed E-state index contributed by atoms with van der Waals surface area (Å²) in [6.07, 6.45) is 2.67. The average molecular weight is 275 g/mol. The highest BCUT2D eigenvalue weighted by Gasteiger charge is 2.20. The summed E-state index contributed by atoms with van der Waals surface area (Å²) in [7, 11) is 2.14. The SMILES string of the molecule is CC(C)CN(C)c1cc(CNC2CC2)cc(C(C)C)n1. The Bertz CT molecular complexity index is 436. The van der Waals surface area contributed by atoms with Crippen LogP contribution in [0.1, 0.15) is 57.7 Å². The number of rotatable bonds is 7. The molecule has 112 valence electrons. The summed E-state index contributed by atoms with van der Waals surface area (Å²) >= 11 is 0. The smallest absolute Gasteiger partial charge is 0.128 e. The quantitative estimate of drug-likeness (QED) is 0.825. The first-order valence-electron chi connectivity index (χ1n) is 7.91. The molecule has 1 aromatic rings. The van der Waals surface area contributed by atoms with Gasteiger partial charge in [-0.2, -0.15) is 0 Å². The van der Waals surface area contributed by atoms with Crippen molar-refractivity contribution in [3.8, 4) is 0 Å². The minimum atomic E-state index is 0.474. The molecule has 0 aromatic carbocycles. The van der Waals surface area contributed by atoms with Gasteiger partial charge in [0.15, 0.2) is 0 Å². The lowest BCUT2D eigenvalue weighted by molar-refractivity contribution is 0.631. The molecule has 3 nitrogen and oxygen atoms in total. The van der Waals surface area contributed by atoms with E-state index in [1.807, 2.05) is 0 Å². The number of nitrogens with one attached hydrogen (secondary N) is 1. The maximum Gasteiger partial charge on any atom is 0.128 e. The fourth-order valence-electron chi connectivity index (χ4n) is 2.38. The Kier molecular flexibility index (Phi) is 5.03. The van der Waals surface area contributed by atoms with Crippen LogP contribution in [0.3, 0.4) is 0 Å². The van der Waals surface area contributed by atoms with Gasteiger partial charge in [-0.3, -0.25) is 0 Å². The molecule has 1 aliphatic carbocycles. The third-order valence-electron chi connectivity index (χ3n) is 3.69. The lowest BCUT2D eigenvalue weighted by atomic mass is 10.1. The second-order valence-electron chi connectivity index (χ2n) is 6.84. The van der Waals surface area contributed by atoms with Crippen LogP contribution in [0.4, 0.5) is 5.82 Å². The lowest BCUT2D eigenvalue weighted by Gasteiger charge is -2.22. The molecule has 0 radical (unpaired) electrons. The molecule has 0 atom stereocenters. The maximum atomic E-state index is 4.83. The Balaban J connectivity index is 2.15. The van der Waals surface area contributed by atoms with E-state index in [4.69, 9.17) is 4.98 Å². The van der Waals surface area contributed by atoms with Crippen molar-refractivity contribution in [3.63, 3.8) is 0 Å². The normalized spacial score (nSPS) is 15.2. The summed E-state index contributed by atoms with van der Waals surface area (Å²) < 4.78 is 0. The van der Waals surface area contributed by atoms with Gasteiger partial charge in [0, 0.05) is 31.9 Å². The molecule has 1 aromatic heterocycles. The van der Waals surface area contributed by atoms with E-state index in [1.165, 1.54) is 24.1 Å². The zero-order valence-corrected chi connectivity index (χ0v) is 13.6. The van der Waals surface area contributed by atoms with Gasteiger partial charge in [0.05, 0.1) is 0 Å². The molecule has 1 heterocycles. The number of hydrogen-bond acceptors (Lipinski definition) is 3. The number of anilines is 1. The number of nitrogens with zero attached hydrogens (tertiary/aromatic N) is 2. The van der Waals surface area contributed by atoms with Crippen LogP contribution in [-0.2, 0) is 6.54 Å². The summed E-state index contributed by atoms with van der Waals surface area (Å²) in [5.74, 6) is 2.23. The van der Waals surface area contributed by atoms with Crippen molar-refractivity contribution in [2.24, 2.45) is 5.92 Å². The Morgan fingerprint density at radius 3 is 2.50 bits per heavy atom. The van der Waals surface area contributed by atoms with Crippen molar-refractivity contribution in [3.05, 3.63) is 23.4 Å². The van der Waals surface area contributed by atoms with Crippen molar-refractivity contribution >= 4 is 5.82 Å². The van der Waals surface area contributed by atoms with Crippen molar-refractivity contribution in [2.75, 3.05) is 18.5 Å². The molecule has 3 heteroatoms. The molecule has 0 spiro atoms. The largest absolute Gasteiger partial charge is 0.359 e. The van der Waals surface area contributed by atoms with Crippen LogP contribution >= 0.6 is 0 Å². The van der Waals surface area contributed by atoms with Gasteiger partial charge in [0.2, 0.25) is 0 Å². The molecule has 2 rings (SSSR count). The van der Waals surface area contributed by atoms with E-state index in [9.17, 15) is 0 Å². The minimum absolute atomic E-state index is 0.474. The molecule has 1 aliphatic rings. The predicted molar refractivity (Wildman–Crippen MR) is 86.3 cm³/mol. The molecule has 0 saturated heterocycles. The van der Waals surface area contributed by atoms with E-state index in [1.54, 1.807) is 0 Å². The molecule has 0 bridgehead atoms. The summed E-state index contributed by atoms with van der Waals surface area (Å²) in [5.41, 5.74) is 2.56. The fourth-order valence-corrected chi connectivity index (χ4v) is 2.38. The summed E-state index contributed by atoms with van der Waals surface area (Å²) in [5, 5.41) is 3.60. The first-order chi connectivity index (χ1) is 9.45. The van der Waals surface area contributed by atoms with Crippen molar-refractivity contribution in [1.82, 2.24) is 10.3 Å². The van der Waals surface area contributed by atoms with Crippen LogP contribution in [0.15, 0.2) is 12.1 Å². The van der Waals surface area contributed by atoms with Gasteiger partial charge < -0.3 is 10.2 Å². The molecule has 0 aliphatic heterocycles. The lowest BCUT2D eigenvalue weighted by Crippen LogP contribution is -2.24. The zero-order chi connectivity index (χ0) is 14.7. The molecule has 20 heavy (non-hydrogen) atoms. The summed E-state index contributed by atoms with van der Waals surface area (Å²) in [4.78, 5) is 7.10. The summed E-state index contributed by atoms with van der Waals surface area (Å²) in [6, 6.07) is 5.25. The Labute approximate surface area is 123 Å². The number of aromatic nitrogens is 1. The van der Waals surface area contributed by atoms with Gasteiger partial charge in [-0.15, -0.1) is 0 Å².